The molecule has 4 N–H and O–H groups in total. The number of halogens is 1. The van der Waals surface area contributed by atoms with Crippen molar-refractivity contribution in [1.29, 1.82) is 0 Å². The first kappa shape index (κ1) is 16.5. The van der Waals surface area contributed by atoms with Crippen LogP contribution in [0, 0.1) is 6.92 Å². The van der Waals surface area contributed by atoms with Crippen LogP contribution >= 0.6 is 11.6 Å². The minimum absolute atomic E-state index is 0.0813. The molecule has 0 aromatic heterocycles. The number of hydrogen-bond acceptors (Lipinski definition) is 3. The first-order valence-corrected chi connectivity index (χ1v) is 6.94. The van der Waals surface area contributed by atoms with Gasteiger partial charge in [0.15, 0.2) is 0 Å². The highest BCUT2D eigenvalue weighted by Gasteiger charge is 2.07. The molecule has 110 valence electrons. The van der Waals surface area contributed by atoms with Gasteiger partial charge in [-0.05, 0) is 37.6 Å². The van der Waals surface area contributed by atoms with Gasteiger partial charge in [0.2, 0.25) is 11.8 Å². The highest BCUT2D eigenvalue weighted by Crippen LogP contribution is 2.22. The first-order chi connectivity index (χ1) is 9.54. The zero-order valence-electron chi connectivity index (χ0n) is 11.5. The quantitative estimate of drug-likeness (QED) is 0.718. The zero-order chi connectivity index (χ0) is 15.0. The highest BCUT2D eigenvalue weighted by molar-refractivity contribution is 6.31. The summed E-state index contributed by atoms with van der Waals surface area (Å²) >= 11 is 5.97. The molecule has 0 saturated heterocycles. The first-order valence-electron chi connectivity index (χ1n) is 6.56. The molecule has 6 heteroatoms. The number of nitrogens with two attached hydrogens (primary N) is 1. The second kappa shape index (κ2) is 8.55. The van der Waals surface area contributed by atoms with Gasteiger partial charge >= 0.3 is 0 Å². The number of benzene rings is 1. The molecule has 5 nitrogen and oxygen atoms in total. The van der Waals surface area contributed by atoms with Crippen LogP contribution in [0.5, 0.6) is 0 Å². The van der Waals surface area contributed by atoms with Crippen LogP contribution in [0.25, 0.3) is 0 Å². The monoisotopic (exact) mass is 297 g/mol. The molecule has 0 saturated carbocycles. The van der Waals surface area contributed by atoms with E-state index in [0.717, 1.165) is 5.56 Å². The van der Waals surface area contributed by atoms with Crippen molar-refractivity contribution in [2.75, 3.05) is 18.4 Å². The third kappa shape index (κ3) is 5.59. The summed E-state index contributed by atoms with van der Waals surface area (Å²) in [6, 6.07) is 5.34. The van der Waals surface area contributed by atoms with E-state index in [9.17, 15) is 9.59 Å². The Morgan fingerprint density at radius 3 is 2.70 bits per heavy atom. The van der Waals surface area contributed by atoms with E-state index < -0.39 is 0 Å². The molecule has 1 aromatic carbocycles. The summed E-state index contributed by atoms with van der Waals surface area (Å²) < 4.78 is 0. The van der Waals surface area contributed by atoms with Gasteiger partial charge in [0.1, 0.15) is 0 Å². The van der Waals surface area contributed by atoms with Crippen molar-refractivity contribution < 1.29 is 9.59 Å². The topological polar surface area (TPSA) is 84.2 Å². The van der Waals surface area contributed by atoms with Crippen molar-refractivity contribution in [3.05, 3.63) is 28.8 Å². The van der Waals surface area contributed by atoms with Crippen molar-refractivity contribution >= 4 is 29.1 Å². The van der Waals surface area contributed by atoms with Crippen LogP contribution in [-0.4, -0.2) is 24.9 Å². The van der Waals surface area contributed by atoms with Crippen molar-refractivity contribution in [2.24, 2.45) is 5.73 Å². The molecule has 0 bridgehead atoms. The van der Waals surface area contributed by atoms with E-state index in [2.05, 4.69) is 10.6 Å². The van der Waals surface area contributed by atoms with Crippen LogP contribution in [0.3, 0.4) is 0 Å². The van der Waals surface area contributed by atoms with E-state index in [0.29, 0.717) is 36.6 Å². The second-order valence-electron chi connectivity index (χ2n) is 4.45. The van der Waals surface area contributed by atoms with Crippen LogP contribution < -0.4 is 16.4 Å². The molecular weight excluding hydrogens is 278 g/mol. The van der Waals surface area contributed by atoms with Gasteiger partial charge in [0.25, 0.3) is 0 Å². The van der Waals surface area contributed by atoms with E-state index in [1.165, 1.54) is 0 Å². The predicted octanol–water partition coefficient (Wildman–Crippen LogP) is 1.83. The molecule has 0 spiro atoms. The third-order valence-electron chi connectivity index (χ3n) is 2.82. The predicted molar refractivity (Wildman–Crippen MR) is 80.7 cm³/mol. The average Bonchev–Trinajstić information content (AvgIpc) is 2.41. The normalized spacial score (nSPS) is 10.2. The Kier molecular flexibility index (Phi) is 7.04. The van der Waals surface area contributed by atoms with Gasteiger partial charge in [-0.3, -0.25) is 9.59 Å². The fraction of sp³-hybridized carbons (Fsp3) is 0.429. The lowest BCUT2D eigenvalue weighted by Gasteiger charge is -2.10. The van der Waals surface area contributed by atoms with Gasteiger partial charge in [-0.25, -0.2) is 0 Å². The van der Waals surface area contributed by atoms with Crippen molar-refractivity contribution in [1.82, 2.24) is 5.32 Å². The standard InChI is InChI=1S/C14H20ClN3O2/c1-10-11(15)4-2-5-12(10)18-14(20)7-9-17-13(19)6-3-8-16/h2,4-5H,3,6-9,16H2,1H3,(H,17,19)(H,18,20). The molecular formula is C14H20ClN3O2. The molecule has 0 aliphatic carbocycles. The minimum atomic E-state index is -0.158. The van der Waals surface area contributed by atoms with Gasteiger partial charge < -0.3 is 16.4 Å². The second-order valence-corrected chi connectivity index (χ2v) is 4.86. The highest BCUT2D eigenvalue weighted by atomic mass is 35.5. The van der Waals surface area contributed by atoms with Crippen LogP contribution in [0.4, 0.5) is 5.69 Å². The Bertz CT molecular complexity index is 477. The molecule has 0 aliphatic rings. The van der Waals surface area contributed by atoms with Crippen molar-refractivity contribution in [2.45, 2.75) is 26.2 Å². The van der Waals surface area contributed by atoms with E-state index >= 15 is 0 Å². The summed E-state index contributed by atoms with van der Waals surface area (Å²) in [6.07, 6.45) is 1.27. The van der Waals surface area contributed by atoms with Crippen molar-refractivity contribution in [3.8, 4) is 0 Å². The van der Waals surface area contributed by atoms with Crippen LogP contribution in [0.2, 0.25) is 5.02 Å². The Morgan fingerprint density at radius 1 is 1.25 bits per heavy atom. The summed E-state index contributed by atoms with van der Waals surface area (Å²) in [5.41, 5.74) is 6.83. The molecule has 0 atom stereocenters. The smallest absolute Gasteiger partial charge is 0.226 e. The maximum Gasteiger partial charge on any atom is 0.226 e. The molecule has 2 amide bonds. The number of nitrogens with one attached hydrogen (secondary N) is 2. The van der Waals surface area contributed by atoms with Crippen LogP contribution in [0.15, 0.2) is 18.2 Å². The van der Waals surface area contributed by atoms with Gasteiger partial charge in [-0.2, -0.15) is 0 Å². The van der Waals surface area contributed by atoms with Gasteiger partial charge in [-0.15, -0.1) is 0 Å². The lowest BCUT2D eigenvalue weighted by molar-refractivity contribution is -0.121. The lowest BCUT2D eigenvalue weighted by atomic mass is 10.2. The average molecular weight is 298 g/mol. The van der Waals surface area contributed by atoms with Gasteiger partial charge in [-0.1, -0.05) is 17.7 Å². The third-order valence-corrected chi connectivity index (χ3v) is 3.23. The van der Waals surface area contributed by atoms with E-state index in [1.54, 1.807) is 18.2 Å². The van der Waals surface area contributed by atoms with Crippen LogP contribution in [0.1, 0.15) is 24.8 Å². The number of rotatable bonds is 7. The van der Waals surface area contributed by atoms with E-state index in [1.807, 2.05) is 6.92 Å². The number of anilines is 1. The number of carbonyl (C=O) groups is 2. The van der Waals surface area contributed by atoms with Gasteiger partial charge in [0, 0.05) is 30.1 Å². The SMILES string of the molecule is Cc1c(Cl)cccc1NC(=O)CCNC(=O)CCCN. The summed E-state index contributed by atoms with van der Waals surface area (Å²) in [4.78, 5) is 23.1. The van der Waals surface area contributed by atoms with Crippen molar-refractivity contribution in [3.63, 3.8) is 0 Å². The largest absolute Gasteiger partial charge is 0.356 e. The summed E-state index contributed by atoms with van der Waals surface area (Å²) in [6.45, 7) is 2.64. The molecule has 0 heterocycles. The Hall–Kier alpha value is -1.59. The number of hydrogen-bond donors (Lipinski definition) is 3. The lowest BCUT2D eigenvalue weighted by Crippen LogP contribution is -2.28. The molecule has 0 radical (unpaired) electrons. The molecule has 1 aromatic rings. The Balaban J connectivity index is 2.34. The number of carbonyl (C=O) groups excluding carboxylic acids is 2. The van der Waals surface area contributed by atoms with E-state index in [-0.39, 0.29) is 18.2 Å². The summed E-state index contributed by atoms with van der Waals surface area (Å²) in [5, 5.41) is 6.06. The Morgan fingerprint density at radius 2 is 2.00 bits per heavy atom. The molecule has 0 unspecified atom stereocenters. The molecule has 1 rings (SSSR count). The molecule has 20 heavy (non-hydrogen) atoms. The minimum Gasteiger partial charge on any atom is -0.356 e. The summed E-state index contributed by atoms with van der Waals surface area (Å²) in [7, 11) is 0. The molecule has 0 aliphatic heterocycles. The van der Waals surface area contributed by atoms with E-state index in [4.69, 9.17) is 17.3 Å². The maximum absolute atomic E-state index is 11.7. The van der Waals surface area contributed by atoms with Gasteiger partial charge in [0.05, 0.1) is 0 Å². The number of amides is 2. The fourth-order valence-electron chi connectivity index (χ4n) is 1.62. The fourth-order valence-corrected chi connectivity index (χ4v) is 1.80. The maximum atomic E-state index is 11.7. The molecule has 0 fully saturated rings. The Labute approximate surface area is 123 Å². The zero-order valence-corrected chi connectivity index (χ0v) is 12.3. The van der Waals surface area contributed by atoms with Crippen LogP contribution in [-0.2, 0) is 9.59 Å². The summed E-state index contributed by atoms with van der Waals surface area (Å²) in [5.74, 6) is -0.239.